The summed E-state index contributed by atoms with van der Waals surface area (Å²) in [6.07, 6.45) is 9.15. The minimum absolute atomic E-state index is 0.213. The van der Waals surface area contributed by atoms with Crippen LogP contribution in [0.3, 0.4) is 0 Å². The summed E-state index contributed by atoms with van der Waals surface area (Å²) in [5, 5.41) is 26.1. The Morgan fingerprint density at radius 1 is 0.897 bits per heavy atom. The molecule has 3 fully saturated rings. The van der Waals surface area contributed by atoms with Crippen molar-refractivity contribution < 1.29 is 5.11 Å². The van der Waals surface area contributed by atoms with E-state index in [9.17, 15) is 5.11 Å². The number of nitrogens with one attached hydrogen (secondary N) is 2. The van der Waals surface area contributed by atoms with Crippen molar-refractivity contribution in [3.8, 4) is 17.0 Å². The fraction of sp³-hybridized carbons (Fsp3) is 0.517. The minimum Gasteiger partial charge on any atom is -0.507 e. The van der Waals surface area contributed by atoms with E-state index >= 15 is 0 Å². The molecule has 4 aliphatic heterocycles. The minimum atomic E-state index is 0.213. The molecule has 0 spiro atoms. The monoisotopic (exact) mass is 527 g/mol. The first-order chi connectivity index (χ1) is 19.2. The summed E-state index contributed by atoms with van der Waals surface area (Å²) >= 11 is 0. The average molecular weight is 528 g/mol. The van der Waals surface area contributed by atoms with E-state index < -0.39 is 0 Å². The molecule has 0 amide bonds. The van der Waals surface area contributed by atoms with E-state index in [4.69, 9.17) is 9.97 Å². The number of hydrogen-bond acceptors (Lipinski definition) is 10. The van der Waals surface area contributed by atoms with Gasteiger partial charge in [-0.25, -0.2) is 9.97 Å². The van der Waals surface area contributed by atoms with E-state index in [0.29, 0.717) is 23.2 Å². The van der Waals surface area contributed by atoms with Gasteiger partial charge in [-0.15, -0.1) is 10.2 Å². The van der Waals surface area contributed by atoms with Crippen LogP contribution >= 0.6 is 0 Å². The number of piperidine rings is 2. The van der Waals surface area contributed by atoms with E-state index in [2.05, 4.69) is 47.9 Å². The van der Waals surface area contributed by atoms with Crippen LogP contribution in [0.5, 0.6) is 5.75 Å². The third-order valence-electron chi connectivity index (χ3n) is 8.98. The molecule has 2 atom stereocenters. The quantitative estimate of drug-likeness (QED) is 0.469. The molecule has 6 heterocycles. The van der Waals surface area contributed by atoms with Crippen molar-refractivity contribution in [3.63, 3.8) is 0 Å². The first-order valence-corrected chi connectivity index (χ1v) is 14.4. The molecule has 3 N–H and O–H groups in total. The highest BCUT2D eigenvalue weighted by Gasteiger charge is 2.34. The van der Waals surface area contributed by atoms with Gasteiger partial charge in [0.2, 0.25) is 5.95 Å². The summed E-state index contributed by atoms with van der Waals surface area (Å²) in [5.41, 5.74) is 3.68. The summed E-state index contributed by atoms with van der Waals surface area (Å²) in [4.78, 5) is 17.1. The molecule has 0 bridgehead atoms. The number of para-hydroxylation sites is 1. The number of anilines is 3. The topological polar surface area (TPSA) is 106 Å². The first kappa shape index (κ1) is 24.5. The van der Waals surface area contributed by atoms with Crippen LogP contribution in [0.15, 0.2) is 42.7 Å². The Bertz CT molecular complexity index is 1290. The molecule has 7 rings (SSSR count). The first-order valence-electron chi connectivity index (χ1n) is 14.4. The van der Waals surface area contributed by atoms with Crippen molar-refractivity contribution in [1.82, 2.24) is 30.4 Å². The second-order valence-corrected chi connectivity index (χ2v) is 11.3. The zero-order valence-corrected chi connectivity index (χ0v) is 22.3. The summed E-state index contributed by atoms with van der Waals surface area (Å²) in [5.74, 6) is 2.38. The second kappa shape index (κ2) is 10.6. The summed E-state index contributed by atoms with van der Waals surface area (Å²) < 4.78 is 0. The summed E-state index contributed by atoms with van der Waals surface area (Å²) in [7, 11) is 0. The van der Waals surface area contributed by atoms with Gasteiger partial charge in [-0.1, -0.05) is 12.1 Å². The van der Waals surface area contributed by atoms with Crippen LogP contribution in [0.25, 0.3) is 11.3 Å². The van der Waals surface area contributed by atoms with Crippen LogP contribution in [0.1, 0.15) is 37.2 Å². The number of benzene rings is 1. The van der Waals surface area contributed by atoms with Gasteiger partial charge in [-0.2, -0.15) is 0 Å². The van der Waals surface area contributed by atoms with Crippen molar-refractivity contribution >= 4 is 17.5 Å². The molecule has 2 aromatic heterocycles. The van der Waals surface area contributed by atoms with Gasteiger partial charge in [-0.3, -0.25) is 4.90 Å². The van der Waals surface area contributed by atoms with Crippen LogP contribution in [0.4, 0.5) is 17.5 Å². The number of piperazine rings is 1. The number of likely N-dealkylation sites (tertiary alicyclic amines) is 1. The zero-order chi connectivity index (χ0) is 26.2. The average Bonchev–Trinajstić information content (AvgIpc) is 3.01. The predicted molar refractivity (Wildman–Crippen MR) is 152 cm³/mol. The van der Waals surface area contributed by atoms with Crippen molar-refractivity contribution in [3.05, 3.63) is 48.3 Å². The molecule has 0 aliphatic carbocycles. The van der Waals surface area contributed by atoms with Crippen LogP contribution < -0.4 is 20.4 Å². The van der Waals surface area contributed by atoms with Crippen molar-refractivity contribution in [2.45, 2.75) is 43.7 Å². The van der Waals surface area contributed by atoms with E-state index in [1.165, 1.54) is 50.9 Å². The predicted octanol–water partition coefficient (Wildman–Crippen LogP) is 2.69. The Morgan fingerprint density at radius 3 is 2.54 bits per heavy atom. The van der Waals surface area contributed by atoms with Gasteiger partial charge < -0.3 is 25.5 Å². The SMILES string of the molecule is Oc1ccccc1-c1cc2c(nn1)NC[C@H]1CN(c3ncc(C4CCN(C5CCCNC5)CC4)cn3)CCN21. The molecule has 0 saturated carbocycles. The van der Waals surface area contributed by atoms with E-state index in [-0.39, 0.29) is 11.8 Å². The molecule has 1 unspecified atom stereocenters. The number of nitrogens with zero attached hydrogens (tertiary/aromatic N) is 7. The third kappa shape index (κ3) is 4.87. The lowest BCUT2D eigenvalue weighted by Gasteiger charge is -2.45. The number of rotatable bonds is 4. The number of aromatic nitrogens is 4. The van der Waals surface area contributed by atoms with Gasteiger partial charge in [0, 0.05) is 56.7 Å². The number of aromatic hydroxyl groups is 1. The fourth-order valence-electron chi connectivity index (χ4n) is 6.74. The highest BCUT2D eigenvalue weighted by atomic mass is 16.3. The van der Waals surface area contributed by atoms with Crippen LogP contribution in [-0.2, 0) is 0 Å². The molecule has 39 heavy (non-hydrogen) atoms. The van der Waals surface area contributed by atoms with E-state index in [1.807, 2.05) is 24.3 Å². The molecule has 204 valence electrons. The highest BCUT2D eigenvalue weighted by molar-refractivity contribution is 5.76. The molecule has 0 radical (unpaired) electrons. The Morgan fingerprint density at radius 2 is 1.74 bits per heavy atom. The largest absolute Gasteiger partial charge is 0.507 e. The summed E-state index contributed by atoms with van der Waals surface area (Å²) in [6, 6.07) is 10.3. The Hall–Kier alpha value is -3.50. The Labute approximate surface area is 229 Å². The molecule has 10 heteroatoms. The van der Waals surface area contributed by atoms with Crippen LogP contribution in [0, 0.1) is 0 Å². The maximum absolute atomic E-state index is 10.3. The van der Waals surface area contributed by atoms with E-state index in [0.717, 1.165) is 50.2 Å². The molecule has 10 nitrogen and oxygen atoms in total. The molecule has 4 aliphatic rings. The van der Waals surface area contributed by atoms with Crippen LogP contribution in [0.2, 0.25) is 0 Å². The Kier molecular flexibility index (Phi) is 6.65. The second-order valence-electron chi connectivity index (χ2n) is 11.3. The lowest BCUT2D eigenvalue weighted by molar-refractivity contribution is 0.130. The highest BCUT2D eigenvalue weighted by Crippen LogP contribution is 2.36. The molecular weight excluding hydrogens is 490 g/mol. The molecular formula is C29H37N9O. The van der Waals surface area contributed by atoms with Gasteiger partial charge in [0.1, 0.15) is 5.75 Å². The van der Waals surface area contributed by atoms with Crippen molar-refractivity contribution in [2.24, 2.45) is 0 Å². The number of fused-ring (bicyclic) bond motifs is 3. The molecule has 3 aromatic rings. The Balaban J connectivity index is 0.997. The lowest BCUT2D eigenvalue weighted by Crippen LogP contribution is -2.58. The maximum Gasteiger partial charge on any atom is 0.225 e. The number of phenols is 1. The van der Waals surface area contributed by atoms with Gasteiger partial charge in [0.25, 0.3) is 0 Å². The van der Waals surface area contributed by atoms with Gasteiger partial charge >= 0.3 is 0 Å². The van der Waals surface area contributed by atoms with Crippen LogP contribution in [-0.4, -0.2) is 94.6 Å². The zero-order valence-electron chi connectivity index (χ0n) is 22.3. The molecule has 1 aromatic carbocycles. The number of phenolic OH excluding ortho intramolecular Hbond substituents is 1. The standard InChI is InChI=1S/C29H37N9O/c39-27-6-2-1-5-24(27)25-14-26-28(35-34-25)31-18-23-19-37(12-13-38(23)26)29-32-15-21(16-33-29)20-7-10-36(11-8-20)22-4-3-9-30-17-22/h1-2,5-6,14-16,20,22-23,30,39H,3-4,7-13,17-19H2,(H,31,35)/t22?,23-/m0/s1. The molecule has 3 saturated heterocycles. The third-order valence-corrected chi connectivity index (χ3v) is 8.98. The van der Waals surface area contributed by atoms with E-state index in [1.54, 1.807) is 6.07 Å². The normalized spacial score (nSPS) is 24.1. The smallest absolute Gasteiger partial charge is 0.225 e. The van der Waals surface area contributed by atoms with Crippen molar-refractivity contribution in [1.29, 1.82) is 0 Å². The summed E-state index contributed by atoms with van der Waals surface area (Å²) in [6.45, 7) is 7.99. The lowest BCUT2D eigenvalue weighted by atomic mass is 9.90. The van der Waals surface area contributed by atoms with Gasteiger partial charge in [0.05, 0.1) is 17.4 Å². The number of hydrogen-bond donors (Lipinski definition) is 3. The fourth-order valence-corrected chi connectivity index (χ4v) is 6.74. The van der Waals surface area contributed by atoms with Gasteiger partial charge in [0.15, 0.2) is 5.82 Å². The van der Waals surface area contributed by atoms with Crippen molar-refractivity contribution in [2.75, 3.05) is 67.5 Å². The van der Waals surface area contributed by atoms with Gasteiger partial charge in [-0.05, 0) is 75.0 Å². The maximum atomic E-state index is 10.3.